The lowest BCUT2D eigenvalue weighted by molar-refractivity contribution is -0.0398. The summed E-state index contributed by atoms with van der Waals surface area (Å²) in [5.41, 5.74) is 0. The molecular weight excluding hydrogens is 243 g/mol. The van der Waals surface area contributed by atoms with Crippen LogP contribution >= 0.6 is 7.82 Å². The minimum atomic E-state index is -3.46. The van der Waals surface area contributed by atoms with E-state index in [1.807, 2.05) is 29.2 Å². The summed E-state index contributed by atoms with van der Waals surface area (Å²) in [6.07, 6.45) is 5.48. The number of unbranched alkanes of at least 4 members (excludes halogenated alkanes) is 1. The van der Waals surface area contributed by atoms with Crippen molar-refractivity contribution >= 4 is 7.82 Å². The second kappa shape index (κ2) is 6.40. The summed E-state index contributed by atoms with van der Waals surface area (Å²) in [5, 5.41) is 0. The summed E-state index contributed by atoms with van der Waals surface area (Å²) in [4.78, 5) is 3.79. The highest BCUT2D eigenvalue weighted by Gasteiger charge is 2.34. The van der Waals surface area contributed by atoms with Gasteiger partial charge in [-0.3, -0.25) is 9.05 Å². The first-order chi connectivity index (χ1) is 8.06. The number of phosphoric acid groups is 1. The molecule has 7 heteroatoms. The summed E-state index contributed by atoms with van der Waals surface area (Å²) >= 11 is 0. The predicted octanol–water partition coefficient (Wildman–Crippen LogP) is 2.21. The standard InChI is InChI=1S/C10H21N2O4P/c1-5-6-7-12-9-8-11(2)10(12)16-17(13,14-3)15-4/h8-10H,5-7H2,1-4H3. The zero-order valence-electron chi connectivity index (χ0n) is 10.8. The molecule has 1 unspecified atom stereocenters. The molecule has 0 aliphatic carbocycles. The maximum atomic E-state index is 11.9. The molecule has 0 spiro atoms. The minimum absolute atomic E-state index is 0.438. The second-order valence-corrected chi connectivity index (χ2v) is 5.63. The molecule has 0 bridgehead atoms. The fraction of sp³-hybridized carbons (Fsp3) is 0.800. The van der Waals surface area contributed by atoms with Crippen LogP contribution in [-0.2, 0) is 18.1 Å². The molecule has 17 heavy (non-hydrogen) atoms. The third kappa shape index (κ3) is 3.71. The Hall–Kier alpha value is -0.550. The maximum absolute atomic E-state index is 11.9. The van der Waals surface area contributed by atoms with E-state index in [2.05, 4.69) is 6.92 Å². The fourth-order valence-corrected chi connectivity index (χ4v) is 2.33. The SMILES string of the molecule is CCCCN1C=CN(C)C1OP(=O)(OC)OC. The Morgan fingerprint density at radius 1 is 1.29 bits per heavy atom. The van der Waals surface area contributed by atoms with Crippen LogP contribution in [0.4, 0.5) is 0 Å². The van der Waals surface area contributed by atoms with Crippen LogP contribution in [0.2, 0.25) is 0 Å². The van der Waals surface area contributed by atoms with Crippen molar-refractivity contribution in [2.75, 3.05) is 27.8 Å². The lowest BCUT2D eigenvalue weighted by Crippen LogP contribution is -2.38. The van der Waals surface area contributed by atoms with E-state index in [1.54, 1.807) is 0 Å². The van der Waals surface area contributed by atoms with Gasteiger partial charge in [0.15, 0.2) is 0 Å². The van der Waals surface area contributed by atoms with E-state index in [0.717, 1.165) is 19.4 Å². The molecule has 1 heterocycles. The van der Waals surface area contributed by atoms with Crippen LogP contribution in [0.1, 0.15) is 19.8 Å². The quantitative estimate of drug-likeness (QED) is 0.657. The molecule has 0 saturated carbocycles. The van der Waals surface area contributed by atoms with Gasteiger partial charge in [0, 0.05) is 40.2 Å². The molecule has 0 radical (unpaired) electrons. The van der Waals surface area contributed by atoms with E-state index in [1.165, 1.54) is 14.2 Å². The largest absolute Gasteiger partial charge is 0.477 e. The topological polar surface area (TPSA) is 51.2 Å². The molecule has 0 aromatic rings. The van der Waals surface area contributed by atoms with E-state index in [4.69, 9.17) is 13.6 Å². The molecule has 0 amide bonds. The third-order valence-corrected chi connectivity index (χ3v) is 3.91. The van der Waals surface area contributed by atoms with Crippen LogP contribution in [0.3, 0.4) is 0 Å². The van der Waals surface area contributed by atoms with Crippen molar-refractivity contribution in [1.82, 2.24) is 9.80 Å². The van der Waals surface area contributed by atoms with Gasteiger partial charge in [-0.05, 0) is 6.42 Å². The summed E-state index contributed by atoms with van der Waals surface area (Å²) in [5.74, 6) is 0. The Morgan fingerprint density at radius 2 is 1.94 bits per heavy atom. The zero-order valence-corrected chi connectivity index (χ0v) is 11.7. The molecule has 1 aliphatic rings. The van der Waals surface area contributed by atoms with E-state index in [0.29, 0.717) is 0 Å². The van der Waals surface area contributed by atoms with Crippen molar-refractivity contribution in [3.63, 3.8) is 0 Å². The first kappa shape index (κ1) is 14.5. The molecule has 0 fully saturated rings. The molecule has 0 aromatic heterocycles. The average molecular weight is 264 g/mol. The van der Waals surface area contributed by atoms with Gasteiger partial charge in [-0.2, -0.15) is 0 Å². The smallest absolute Gasteiger partial charge is 0.337 e. The van der Waals surface area contributed by atoms with Gasteiger partial charge in [-0.1, -0.05) is 13.3 Å². The predicted molar refractivity (Wildman–Crippen MR) is 65.0 cm³/mol. The molecular formula is C10H21N2O4P. The van der Waals surface area contributed by atoms with Gasteiger partial charge < -0.3 is 9.80 Å². The Morgan fingerprint density at radius 3 is 2.47 bits per heavy atom. The summed E-state index contributed by atoms with van der Waals surface area (Å²) < 4.78 is 26.9. The van der Waals surface area contributed by atoms with Crippen LogP contribution in [0.15, 0.2) is 12.4 Å². The number of rotatable bonds is 7. The normalized spacial score (nSPS) is 20.4. The van der Waals surface area contributed by atoms with Crippen molar-refractivity contribution in [2.24, 2.45) is 0 Å². The monoisotopic (exact) mass is 264 g/mol. The molecule has 1 rings (SSSR count). The highest BCUT2D eigenvalue weighted by Crippen LogP contribution is 2.49. The van der Waals surface area contributed by atoms with Crippen LogP contribution in [0, 0.1) is 0 Å². The summed E-state index contributed by atoms with van der Waals surface area (Å²) in [6, 6.07) is 0. The van der Waals surface area contributed by atoms with Crippen LogP contribution in [0.5, 0.6) is 0 Å². The van der Waals surface area contributed by atoms with Crippen molar-refractivity contribution in [3.8, 4) is 0 Å². The number of hydrogen-bond donors (Lipinski definition) is 0. The van der Waals surface area contributed by atoms with Gasteiger partial charge in [-0.25, -0.2) is 9.09 Å². The minimum Gasteiger partial charge on any atom is -0.337 e. The fourth-order valence-electron chi connectivity index (χ4n) is 1.51. The van der Waals surface area contributed by atoms with Gasteiger partial charge in [0.1, 0.15) is 0 Å². The van der Waals surface area contributed by atoms with Gasteiger partial charge in [0.25, 0.3) is 0 Å². The lowest BCUT2D eigenvalue weighted by atomic mass is 10.3. The first-order valence-electron chi connectivity index (χ1n) is 5.62. The van der Waals surface area contributed by atoms with E-state index >= 15 is 0 Å². The summed E-state index contributed by atoms with van der Waals surface area (Å²) in [6.45, 7) is 2.96. The number of hydrogen-bond acceptors (Lipinski definition) is 6. The number of nitrogens with zero attached hydrogens (tertiary/aromatic N) is 2. The Balaban J connectivity index is 2.63. The highest BCUT2D eigenvalue weighted by atomic mass is 31.2. The van der Waals surface area contributed by atoms with Crippen molar-refractivity contribution in [2.45, 2.75) is 26.1 Å². The second-order valence-electron chi connectivity index (χ2n) is 3.80. The Kier molecular flexibility index (Phi) is 5.46. The molecule has 100 valence electrons. The van der Waals surface area contributed by atoms with Crippen molar-refractivity contribution < 1.29 is 18.1 Å². The van der Waals surface area contributed by atoms with Crippen molar-refractivity contribution in [3.05, 3.63) is 12.4 Å². The highest BCUT2D eigenvalue weighted by molar-refractivity contribution is 7.48. The van der Waals surface area contributed by atoms with Gasteiger partial charge in [0.2, 0.25) is 6.35 Å². The molecule has 0 saturated heterocycles. The van der Waals surface area contributed by atoms with E-state index < -0.39 is 14.2 Å². The van der Waals surface area contributed by atoms with Crippen LogP contribution < -0.4 is 0 Å². The Labute approximate surface area is 103 Å². The zero-order chi connectivity index (χ0) is 12.9. The average Bonchev–Trinajstić information content (AvgIpc) is 2.68. The lowest BCUT2D eigenvalue weighted by Gasteiger charge is -2.31. The van der Waals surface area contributed by atoms with Gasteiger partial charge in [-0.15, -0.1) is 0 Å². The molecule has 0 aromatic carbocycles. The Bertz CT molecular complexity index is 303. The van der Waals surface area contributed by atoms with Crippen LogP contribution in [0.25, 0.3) is 0 Å². The van der Waals surface area contributed by atoms with Gasteiger partial charge >= 0.3 is 7.82 Å². The van der Waals surface area contributed by atoms with Gasteiger partial charge in [0.05, 0.1) is 0 Å². The van der Waals surface area contributed by atoms with Crippen molar-refractivity contribution in [1.29, 1.82) is 0 Å². The molecule has 1 atom stereocenters. The third-order valence-electron chi connectivity index (χ3n) is 2.57. The molecule has 1 aliphatic heterocycles. The van der Waals surface area contributed by atoms with Crippen LogP contribution in [-0.4, -0.2) is 44.0 Å². The number of phosphoric ester groups is 1. The first-order valence-corrected chi connectivity index (χ1v) is 7.08. The maximum Gasteiger partial charge on any atom is 0.477 e. The summed E-state index contributed by atoms with van der Waals surface area (Å²) in [7, 11) is 1.01. The van der Waals surface area contributed by atoms with E-state index in [9.17, 15) is 4.57 Å². The molecule has 0 N–H and O–H groups in total. The van der Waals surface area contributed by atoms with E-state index in [-0.39, 0.29) is 0 Å². The molecule has 6 nitrogen and oxygen atoms in total.